The lowest BCUT2D eigenvalue weighted by Gasteiger charge is -2.10. The van der Waals surface area contributed by atoms with E-state index in [4.69, 9.17) is 5.73 Å². The average Bonchev–Trinajstić information content (AvgIpc) is 2.81. The van der Waals surface area contributed by atoms with Gasteiger partial charge in [-0.1, -0.05) is 17.7 Å². The highest BCUT2D eigenvalue weighted by molar-refractivity contribution is 7.99. The summed E-state index contributed by atoms with van der Waals surface area (Å²) < 4.78 is 0. The molecular formula is C14H17NS2. The van der Waals surface area contributed by atoms with E-state index in [0.29, 0.717) is 0 Å². The maximum absolute atomic E-state index is 6.13. The molecule has 1 aromatic carbocycles. The summed E-state index contributed by atoms with van der Waals surface area (Å²) in [6, 6.07) is 11.0. The summed E-state index contributed by atoms with van der Waals surface area (Å²) in [5.41, 5.74) is 8.78. The minimum absolute atomic E-state index is 0.232. The van der Waals surface area contributed by atoms with Crippen molar-refractivity contribution in [3.8, 4) is 0 Å². The van der Waals surface area contributed by atoms with E-state index >= 15 is 0 Å². The highest BCUT2D eigenvalue weighted by atomic mass is 32.2. The Bertz CT molecular complexity index is 434. The Balaban J connectivity index is 1.79. The molecule has 0 saturated carbocycles. The van der Waals surface area contributed by atoms with Gasteiger partial charge in [0.2, 0.25) is 0 Å². The van der Waals surface area contributed by atoms with Crippen molar-refractivity contribution < 1.29 is 0 Å². The van der Waals surface area contributed by atoms with Crippen LogP contribution in [0.5, 0.6) is 0 Å². The van der Waals surface area contributed by atoms with Gasteiger partial charge in [0.15, 0.2) is 0 Å². The topological polar surface area (TPSA) is 26.0 Å². The molecule has 2 N–H and O–H groups in total. The molecule has 1 unspecified atom stereocenters. The van der Waals surface area contributed by atoms with Crippen LogP contribution < -0.4 is 5.73 Å². The summed E-state index contributed by atoms with van der Waals surface area (Å²) in [4.78, 5) is 1.30. The fourth-order valence-corrected chi connectivity index (χ4v) is 3.14. The van der Waals surface area contributed by atoms with Gasteiger partial charge >= 0.3 is 0 Å². The molecule has 0 amide bonds. The standard InChI is InChI=1S/C14H17NS2/c1-11-2-4-14(5-3-11)17-10-13(15)8-12-6-7-16-9-12/h2-7,9,13H,8,10,15H2,1H3. The van der Waals surface area contributed by atoms with Crippen molar-refractivity contribution in [3.05, 3.63) is 52.2 Å². The van der Waals surface area contributed by atoms with Crippen LogP contribution in [0.25, 0.3) is 0 Å². The molecule has 3 heteroatoms. The van der Waals surface area contributed by atoms with Crippen molar-refractivity contribution in [1.82, 2.24) is 0 Å². The van der Waals surface area contributed by atoms with Gasteiger partial charge in [0, 0.05) is 16.7 Å². The lowest BCUT2D eigenvalue weighted by Crippen LogP contribution is -2.25. The predicted octanol–water partition coefficient (Wildman–Crippen LogP) is 3.72. The first-order valence-electron chi connectivity index (χ1n) is 5.70. The molecule has 2 aromatic rings. The molecule has 0 bridgehead atoms. The SMILES string of the molecule is Cc1ccc(SCC(N)Cc2ccsc2)cc1. The van der Waals surface area contributed by atoms with Gasteiger partial charge in [0.05, 0.1) is 0 Å². The zero-order chi connectivity index (χ0) is 12.1. The van der Waals surface area contributed by atoms with Crippen LogP contribution in [0.4, 0.5) is 0 Å². The second-order valence-electron chi connectivity index (χ2n) is 4.22. The molecule has 2 rings (SSSR count). The molecule has 0 aliphatic heterocycles. The van der Waals surface area contributed by atoms with Crippen LogP contribution in [-0.4, -0.2) is 11.8 Å². The molecule has 0 aliphatic carbocycles. The number of nitrogens with two attached hydrogens (primary N) is 1. The number of hydrogen-bond acceptors (Lipinski definition) is 3. The van der Waals surface area contributed by atoms with E-state index < -0.39 is 0 Å². The van der Waals surface area contributed by atoms with Crippen LogP contribution in [0.3, 0.4) is 0 Å². The fourth-order valence-electron chi connectivity index (χ4n) is 1.61. The molecule has 0 spiro atoms. The maximum Gasteiger partial charge on any atom is 0.0174 e. The van der Waals surface area contributed by atoms with Gasteiger partial charge in [-0.05, 0) is 47.9 Å². The molecular weight excluding hydrogens is 246 g/mol. The summed E-state index contributed by atoms with van der Waals surface area (Å²) in [6.45, 7) is 2.11. The summed E-state index contributed by atoms with van der Waals surface area (Å²) in [7, 11) is 0. The molecule has 1 nitrogen and oxygen atoms in total. The van der Waals surface area contributed by atoms with Gasteiger partial charge in [-0.15, -0.1) is 11.8 Å². The third kappa shape index (κ3) is 4.19. The lowest BCUT2D eigenvalue weighted by molar-refractivity contribution is 0.750. The number of thioether (sulfide) groups is 1. The number of thiophene rings is 1. The first kappa shape index (κ1) is 12.7. The molecule has 0 radical (unpaired) electrons. The Hall–Kier alpha value is -0.770. The van der Waals surface area contributed by atoms with E-state index in [9.17, 15) is 0 Å². The van der Waals surface area contributed by atoms with E-state index in [-0.39, 0.29) is 6.04 Å². The van der Waals surface area contributed by atoms with Crippen molar-refractivity contribution in [2.24, 2.45) is 5.73 Å². The maximum atomic E-state index is 6.13. The second kappa shape index (κ2) is 6.24. The van der Waals surface area contributed by atoms with Gasteiger partial charge < -0.3 is 5.73 Å². The zero-order valence-corrected chi connectivity index (χ0v) is 11.6. The molecule has 90 valence electrons. The number of aryl methyl sites for hydroxylation is 1. The van der Waals surface area contributed by atoms with Crippen LogP contribution >= 0.6 is 23.1 Å². The quantitative estimate of drug-likeness (QED) is 0.832. The third-order valence-electron chi connectivity index (χ3n) is 2.56. The van der Waals surface area contributed by atoms with Gasteiger partial charge in [-0.2, -0.15) is 11.3 Å². The van der Waals surface area contributed by atoms with Crippen molar-refractivity contribution in [2.75, 3.05) is 5.75 Å². The number of hydrogen-bond donors (Lipinski definition) is 1. The van der Waals surface area contributed by atoms with E-state index in [2.05, 4.69) is 48.0 Å². The number of rotatable bonds is 5. The third-order valence-corrected chi connectivity index (χ3v) is 4.50. The summed E-state index contributed by atoms with van der Waals surface area (Å²) in [6.07, 6.45) is 0.975. The largest absolute Gasteiger partial charge is 0.327 e. The zero-order valence-electron chi connectivity index (χ0n) is 9.93. The van der Waals surface area contributed by atoms with Gasteiger partial charge in [-0.25, -0.2) is 0 Å². The monoisotopic (exact) mass is 263 g/mol. The van der Waals surface area contributed by atoms with Crippen molar-refractivity contribution in [2.45, 2.75) is 24.3 Å². The smallest absolute Gasteiger partial charge is 0.0174 e. The van der Waals surface area contributed by atoms with Gasteiger partial charge in [0.1, 0.15) is 0 Å². The molecule has 1 heterocycles. The molecule has 1 atom stereocenters. The van der Waals surface area contributed by atoms with E-state index in [1.165, 1.54) is 16.0 Å². The first-order chi connectivity index (χ1) is 8.24. The number of benzene rings is 1. The Morgan fingerprint density at radius 3 is 2.65 bits per heavy atom. The van der Waals surface area contributed by atoms with Crippen molar-refractivity contribution in [3.63, 3.8) is 0 Å². The van der Waals surface area contributed by atoms with E-state index in [1.807, 2.05) is 11.8 Å². The minimum Gasteiger partial charge on any atom is -0.327 e. The van der Waals surface area contributed by atoms with E-state index in [0.717, 1.165) is 12.2 Å². The van der Waals surface area contributed by atoms with Crippen LogP contribution in [0.15, 0.2) is 46.0 Å². The Morgan fingerprint density at radius 1 is 1.24 bits per heavy atom. The Morgan fingerprint density at radius 2 is 2.00 bits per heavy atom. The summed E-state index contributed by atoms with van der Waals surface area (Å²) in [5, 5.41) is 4.28. The van der Waals surface area contributed by atoms with Gasteiger partial charge in [-0.3, -0.25) is 0 Å². The first-order valence-corrected chi connectivity index (χ1v) is 7.63. The predicted molar refractivity (Wildman–Crippen MR) is 77.9 cm³/mol. The second-order valence-corrected chi connectivity index (χ2v) is 6.09. The molecule has 17 heavy (non-hydrogen) atoms. The van der Waals surface area contributed by atoms with Crippen LogP contribution in [0.2, 0.25) is 0 Å². The summed E-state index contributed by atoms with van der Waals surface area (Å²) in [5.74, 6) is 0.971. The van der Waals surface area contributed by atoms with Crippen molar-refractivity contribution >= 4 is 23.1 Å². The molecule has 0 fully saturated rings. The lowest BCUT2D eigenvalue weighted by atomic mass is 10.1. The molecule has 0 aliphatic rings. The summed E-state index contributed by atoms with van der Waals surface area (Å²) >= 11 is 3.57. The van der Waals surface area contributed by atoms with Crippen LogP contribution in [0, 0.1) is 6.92 Å². The minimum atomic E-state index is 0.232. The Kier molecular flexibility index (Phi) is 4.66. The Labute approximate surface area is 111 Å². The van der Waals surface area contributed by atoms with Crippen LogP contribution in [0.1, 0.15) is 11.1 Å². The normalized spacial score (nSPS) is 12.6. The van der Waals surface area contributed by atoms with Gasteiger partial charge in [0.25, 0.3) is 0 Å². The van der Waals surface area contributed by atoms with Crippen molar-refractivity contribution in [1.29, 1.82) is 0 Å². The highest BCUT2D eigenvalue weighted by Crippen LogP contribution is 2.20. The fraction of sp³-hybridized carbons (Fsp3) is 0.286. The van der Waals surface area contributed by atoms with E-state index in [1.54, 1.807) is 11.3 Å². The highest BCUT2D eigenvalue weighted by Gasteiger charge is 2.05. The average molecular weight is 263 g/mol. The van der Waals surface area contributed by atoms with Crippen LogP contribution in [-0.2, 0) is 6.42 Å². The molecule has 1 aromatic heterocycles. The molecule has 0 saturated heterocycles.